The molecule has 0 unspecified atom stereocenters. The smallest absolute Gasteiger partial charge is 0.273 e. The summed E-state index contributed by atoms with van der Waals surface area (Å²) in [6.07, 6.45) is 0. The van der Waals surface area contributed by atoms with E-state index in [1.165, 1.54) is 4.88 Å². The van der Waals surface area contributed by atoms with Gasteiger partial charge in [0.25, 0.3) is 5.91 Å². The molecule has 3 rings (SSSR count). The summed E-state index contributed by atoms with van der Waals surface area (Å²) >= 11 is 9.40. The van der Waals surface area contributed by atoms with E-state index in [2.05, 4.69) is 21.9 Å². The van der Waals surface area contributed by atoms with Gasteiger partial charge in [0.15, 0.2) is 11.5 Å². The van der Waals surface area contributed by atoms with Crippen LogP contribution in [0.15, 0.2) is 52.4 Å². The average Bonchev–Trinajstić information content (AvgIpc) is 3.27. The molecule has 1 amide bonds. The number of hydrogen-bond donors (Lipinski definition) is 1. The molecule has 0 aliphatic heterocycles. The Morgan fingerprint density at radius 3 is 2.88 bits per heavy atom. The third-order valence-electron chi connectivity index (χ3n) is 3.23. The van der Waals surface area contributed by atoms with Crippen LogP contribution in [0.2, 0.25) is 5.02 Å². The standard InChI is InChI=1S/C17H15ClN2O2S2/c18-13-5-3-12(4-6-13)16-10-15(20-22-16)17(21)19-7-9-23-11-14-2-1-8-24-14/h1-6,8,10H,7,9,11H2,(H,19,21). The van der Waals surface area contributed by atoms with Crippen molar-refractivity contribution in [2.45, 2.75) is 5.75 Å². The van der Waals surface area contributed by atoms with Crippen LogP contribution < -0.4 is 5.32 Å². The highest BCUT2D eigenvalue weighted by molar-refractivity contribution is 7.98. The van der Waals surface area contributed by atoms with Gasteiger partial charge in [-0.1, -0.05) is 22.8 Å². The van der Waals surface area contributed by atoms with Crippen molar-refractivity contribution in [1.29, 1.82) is 0 Å². The zero-order valence-corrected chi connectivity index (χ0v) is 15.1. The van der Waals surface area contributed by atoms with Gasteiger partial charge in [0.2, 0.25) is 0 Å². The van der Waals surface area contributed by atoms with Crippen molar-refractivity contribution in [3.05, 3.63) is 63.4 Å². The van der Waals surface area contributed by atoms with Crippen molar-refractivity contribution in [2.75, 3.05) is 12.3 Å². The van der Waals surface area contributed by atoms with Crippen LogP contribution in [0.1, 0.15) is 15.4 Å². The average molecular weight is 379 g/mol. The van der Waals surface area contributed by atoms with E-state index < -0.39 is 0 Å². The molecule has 124 valence electrons. The number of nitrogens with one attached hydrogen (secondary N) is 1. The summed E-state index contributed by atoms with van der Waals surface area (Å²) in [6, 6.07) is 13.0. The fourth-order valence-corrected chi connectivity index (χ4v) is 3.85. The van der Waals surface area contributed by atoms with Gasteiger partial charge in [-0.15, -0.1) is 11.3 Å². The zero-order chi connectivity index (χ0) is 16.8. The molecule has 4 nitrogen and oxygen atoms in total. The number of amides is 1. The third-order valence-corrected chi connectivity index (χ3v) is 5.55. The van der Waals surface area contributed by atoms with E-state index in [9.17, 15) is 4.79 Å². The number of carbonyl (C=O) groups excluding carboxylic acids is 1. The van der Waals surface area contributed by atoms with Gasteiger partial charge >= 0.3 is 0 Å². The Morgan fingerprint density at radius 1 is 1.29 bits per heavy atom. The predicted molar refractivity (Wildman–Crippen MR) is 99.8 cm³/mol. The summed E-state index contributed by atoms with van der Waals surface area (Å²) in [5.74, 6) is 2.14. The van der Waals surface area contributed by atoms with Crippen LogP contribution in [0, 0.1) is 0 Å². The summed E-state index contributed by atoms with van der Waals surface area (Å²) in [5, 5.41) is 9.40. The van der Waals surface area contributed by atoms with E-state index in [1.54, 1.807) is 41.3 Å². The summed E-state index contributed by atoms with van der Waals surface area (Å²) < 4.78 is 5.23. The van der Waals surface area contributed by atoms with Crippen molar-refractivity contribution < 1.29 is 9.32 Å². The van der Waals surface area contributed by atoms with E-state index >= 15 is 0 Å². The molecular formula is C17H15ClN2O2S2. The van der Waals surface area contributed by atoms with Crippen LogP contribution in [0.4, 0.5) is 0 Å². The molecule has 1 aromatic carbocycles. The highest BCUT2D eigenvalue weighted by atomic mass is 35.5. The molecule has 7 heteroatoms. The van der Waals surface area contributed by atoms with Crippen LogP contribution >= 0.6 is 34.7 Å². The first-order valence-corrected chi connectivity index (χ1v) is 9.74. The number of benzene rings is 1. The van der Waals surface area contributed by atoms with Gasteiger partial charge in [0, 0.05) is 39.6 Å². The first-order chi connectivity index (χ1) is 11.7. The first kappa shape index (κ1) is 17.1. The lowest BCUT2D eigenvalue weighted by atomic mass is 10.1. The Balaban J connectivity index is 1.46. The SMILES string of the molecule is O=C(NCCSCc1cccs1)c1cc(-c2ccc(Cl)cc2)on1. The number of thiophene rings is 1. The largest absolute Gasteiger partial charge is 0.355 e. The van der Waals surface area contributed by atoms with E-state index in [0.29, 0.717) is 17.3 Å². The number of hydrogen-bond acceptors (Lipinski definition) is 5. The maximum Gasteiger partial charge on any atom is 0.273 e. The molecule has 2 heterocycles. The van der Waals surface area contributed by atoms with Crippen molar-refractivity contribution in [2.24, 2.45) is 0 Å². The minimum Gasteiger partial charge on any atom is -0.355 e. The van der Waals surface area contributed by atoms with Crippen LogP contribution in [-0.2, 0) is 5.75 Å². The Labute approximate surface area is 153 Å². The zero-order valence-electron chi connectivity index (χ0n) is 12.7. The van der Waals surface area contributed by atoms with Crippen molar-refractivity contribution in [3.63, 3.8) is 0 Å². The molecule has 1 N–H and O–H groups in total. The second-order valence-electron chi connectivity index (χ2n) is 4.97. The van der Waals surface area contributed by atoms with Crippen molar-refractivity contribution in [3.8, 4) is 11.3 Å². The molecule has 2 aromatic heterocycles. The molecule has 0 bridgehead atoms. The maximum atomic E-state index is 12.1. The van der Waals surface area contributed by atoms with Gasteiger partial charge < -0.3 is 9.84 Å². The third kappa shape index (κ3) is 4.63. The monoisotopic (exact) mass is 378 g/mol. The normalized spacial score (nSPS) is 10.7. The molecule has 0 saturated heterocycles. The van der Waals surface area contributed by atoms with E-state index in [4.69, 9.17) is 16.1 Å². The Hall–Kier alpha value is -1.76. The van der Waals surface area contributed by atoms with E-state index in [0.717, 1.165) is 17.1 Å². The van der Waals surface area contributed by atoms with Crippen LogP contribution in [0.3, 0.4) is 0 Å². The van der Waals surface area contributed by atoms with Gasteiger partial charge in [-0.3, -0.25) is 4.79 Å². The topological polar surface area (TPSA) is 55.1 Å². The Morgan fingerprint density at radius 2 is 2.12 bits per heavy atom. The van der Waals surface area contributed by atoms with Crippen molar-refractivity contribution >= 4 is 40.6 Å². The maximum absolute atomic E-state index is 12.1. The molecule has 3 aromatic rings. The molecule has 0 atom stereocenters. The van der Waals surface area contributed by atoms with Crippen LogP contribution in [0.5, 0.6) is 0 Å². The minimum atomic E-state index is -0.226. The number of halogens is 1. The molecular weight excluding hydrogens is 364 g/mol. The van der Waals surface area contributed by atoms with E-state index in [1.807, 2.05) is 18.2 Å². The first-order valence-electron chi connectivity index (χ1n) is 7.33. The van der Waals surface area contributed by atoms with Crippen molar-refractivity contribution in [1.82, 2.24) is 10.5 Å². The highest BCUT2D eigenvalue weighted by Gasteiger charge is 2.13. The number of nitrogens with zero attached hydrogens (tertiary/aromatic N) is 1. The van der Waals surface area contributed by atoms with Gasteiger partial charge in [-0.25, -0.2) is 0 Å². The molecule has 0 aliphatic carbocycles. The lowest BCUT2D eigenvalue weighted by molar-refractivity contribution is 0.0947. The Kier molecular flexibility index (Phi) is 5.96. The summed E-state index contributed by atoms with van der Waals surface area (Å²) in [4.78, 5) is 13.4. The molecule has 0 saturated carbocycles. The highest BCUT2D eigenvalue weighted by Crippen LogP contribution is 2.22. The molecule has 0 radical (unpaired) electrons. The van der Waals surface area contributed by atoms with Gasteiger partial charge in [0.05, 0.1) is 0 Å². The predicted octanol–water partition coefficient (Wildman–Crippen LogP) is 4.72. The fourth-order valence-electron chi connectivity index (χ4n) is 2.03. The lowest BCUT2D eigenvalue weighted by Crippen LogP contribution is -2.25. The van der Waals surface area contributed by atoms with Gasteiger partial charge in [0.1, 0.15) is 0 Å². The van der Waals surface area contributed by atoms with Crippen LogP contribution in [-0.4, -0.2) is 23.4 Å². The molecule has 0 spiro atoms. The van der Waals surface area contributed by atoms with E-state index in [-0.39, 0.29) is 11.6 Å². The number of aromatic nitrogens is 1. The number of thioether (sulfide) groups is 1. The number of carbonyl (C=O) groups is 1. The Bertz CT molecular complexity index is 785. The minimum absolute atomic E-state index is 0.226. The molecule has 0 aliphatic rings. The molecule has 24 heavy (non-hydrogen) atoms. The summed E-state index contributed by atoms with van der Waals surface area (Å²) in [6.45, 7) is 0.595. The van der Waals surface area contributed by atoms with Crippen LogP contribution in [0.25, 0.3) is 11.3 Å². The molecule has 0 fully saturated rings. The second kappa shape index (κ2) is 8.37. The van der Waals surface area contributed by atoms with Gasteiger partial charge in [-0.2, -0.15) is 11.8 Å². The lowest BCUT2D eigenvalue weighted by Gasteiger charge is -2.02. The second-order valence-corrected chi connectivity index (χ2v) is 7.54. The summed E-state index contributed by atoms with van der Waals surface area (Å²) in [7, 11) is 0. The van der Waals surface area contributed by atoms with Gasteiger partial charge in [-0.05, 0) is 35.7 Å². The number of rotatable bonds is 7. The summed E-state index contributed by atoms with van der Waals surface area (Å²) in [5.41, 5.74) is 1.11. The fraction of sp³-hybridized carbons (Fsp3) is 0.176. The quantitative estimate of drug-likeness (QED) is 0.604.